The van der Waals surface area contributed by atoms with Gasteiger partial charge in [0, 0.05) is 16.7 Å². The van der Waals surface area contributed by atoms with Crippen molar-refractivity contribution in [1.29, 1.82) is 0 Å². The summed E-state index contributed by atoms with van der Waals surface area (Å²) in [5.41, 5.74) is 3.16. The normalized spacial score (nSPS) is 10.6. The molecule has 0 aliphatic carbocycles. The van der Waals surface area contributed by atoms with Gasteiger partial charge in [-0.1, -0.05) is 42.1 Å². The number of carbonyl (C=O) groups is 1. The molecule has 0 bridgehead atoms. The Morgan fingerprint density at radius 1 is 0.839 bits per heavy atom. The number of oxazole rings is 1. The van der Waals surface area contributed by atoms with Crippen molar-refractivity contribution in [3.8, 4) is 34.1 Å². The zero-order valence-electron chi connectivity index (χ0n) is 17.2. The van der Waals surface area contributed by atoms with E-state index in [0.717, 1.165) is 22.6 Å². The monoisotopic (exact) mass is 431 g/mol. The summed E-state index contributed by atoms with van der Waals surface area (Å²) in [6.07, 6.45) is 0. The van der Waals surface area contributed by atoms with E-state index in [1.165, 1.54) is 11.8 Å². The van der Waals surface area contributed by atoms with Crippen LogP contribution in [-0.4, -0.2) is 30.7 Å². The fraction of sp³-hybridized carbons (Fsp3) is 0.120. The van der Waals surface area contributed by atoms with Crippen LogP contribution in [0, 0.1) is 0 Å². The Balaban J connectivity index is 1.64. The van der Waals surface area contributed by atoms with Crippen LogP contribution in [0.4, 0.5) is 0 Å². The van der Waals surface area contributed by atoms with E-state index in [0.29, 0.717) is 22.2 Å². The van der Waals surface area contributed by atoms with Gasteiger partial charge in [0.15, 0.2) is 11.5 Å². The van der Waals surface area contributed by atoms with Gasteiger partial charge < -0.3 is 13.9 Å². The SMILES string of the molecule is COc1ccc(-c2nc(SCC(=O)c3ccccc3)oc2-c2ccc(OC)cc2)cc1. The van der Waals surface area contributed by atoms with Gasteiger partial charge in [0.25, 0.3) is 5.22 Å². The van der Waals surface area contributed by atoms with Crippen LogP contribution in [-0.2, 0) is 0 Å². The number of ether oxygens (including phenoxy) is 2. The quantitative estimate of drug-likeness (QED) is 0.252. The minimum atomic E-state index is 0.0285. The molecule has 5 nitrogen and oxygen atoms in total. The Morgan fingerprint density at radius 2 is 1.42 bits per heavy atom. The maximum atomic E-state index is 12.5. The molecule has 0 fully saturated rings. The first-order chi connectivity index (χ1) is 15.2. The highest BCUT2D eigenvalue weighted by molar-refractivity contribution is 7.99. The summed E-state index contributed by atoms with van der Waals surface area (Å²) in [5.74, 6) is 2.44. The van der Waals surface area contributed by atoms with Crippen LogP contribution in [0.3, 0.4) is 0 Å². The maximum Gasteiger partial charge on any atom is 0.257 e. The highest BCUT2D eigenvalue weighted by atomic mass is 32.2. The van der Waals surface area contributed by atoms with Gasteiger partial charge in [0.2, 0.25) is 0 Å². The molecule has 31 heavy (non-hydrogen) atoms. The number of thioether (sulfide) groups is 1. The molecule has 0 amide bonds. The smallest absolute Gasteiger partial charge is 0.257 e. The van der Waals surface area contributed by atoms with E-state index >= 15 is 0 Å². The van der Waals surface area contributed by atoms with Gasteiger partial charge in [-0.25, -0.2) is 4.98 Å². The lowest BCUT2D eigenvalue weighted by atomic mass is 10.1. The van der Waals surface area contributed by atoms with Crippen LogP contribution in [0.2, 0.25) is 0 Å². The number of Topliss-reactive ketones (excluding diaryl/α,β-unsaturated/α-hetero) is 1. The fourth-order valence-electron chi connectivity index (χ4n) is 3.08. The lowest BCUT2D eigenvalue weighted by Crippen LogP contribution is -2.01. The average Bonchev–Trinajstić information content (AvgIpc) is 3.27. The molecule has 0 aliphatic rings. The highest BCUT2D eigenvalue weighted by Gasteiger charge is 2.19. The number of hydrogen-bond donors (Lipinski definition) is 0. The molecular formula is C25H21NO4S. The second-order valence-corrected chi connectivity index (χ2v) is 7.62. The fourth-order valence-corrected chi connectivity index (χ4v) is 3.80. The third-order valence-electron chi connectivity index (χ3n) is 4.75. The highest BCUT2D eigenvalue weighted by Crippen LogP contribution is 2.37. The minimum absolute atomic E-state index is 0.0285. The second kappa shape index (κ2) is 9.53. The Kier molecular flexibility index (Phi) is 6.38. The first-order valence-electron chi connectivity index (χ1n) is 9.68. The van der Waals surface area contributed by atoms with Gasteiger partial charge in [-0.15, -0.1) is 0 Å². The molecular weight excluding hydrogens is 410 g/mol. The van der Waals surface area contributed by atoms with Crippen LogP contribution >= 0.6 is 11.8 Å². The number of ketones is 1. The predicted octanol–water partition coefficient (Wildman–Crippen LogP) is 6.00. The van der Waals surface area contributed by atoms with Gasteiger partial charge in [0.05, 0.1) is 20.0 Å². The molecule has 4 aromatic rings. The zero-order chi connectivity index (χ0) is 21.6. The summed E-state index contributed by atoms with van der Waals surface area (Å²) in [5, 5.41) is 0.445. The van der Waals surface area contributed by atoms with Crippen LogP contribution in [0.1, 0.15) is 10.4 Å². The number of methoxy groups -OCH3 is 2. The van der Waals surface area contributed by atoms with E-state index in [4.69, 9.17) is 18.9 Å². The average molecular weight is 432 g/mol. The molecule has 0 spiro atoms. The van der Waals surface area contributed by atoms with Crippen LogP contribution in [0.15, 0.2) is 88.5 Å². The Labute approximate surface area is 185 Å². The number of aromatic nitrogens is 1. The molecule has 0 aliphatic heterocycles. The Hall–Kier alpha value is -3.51. The van der Waals surface area contributed by atoms with Crippen LogP contribution in [0.5, 0.6) is 11.5 Å². The third-order valence-corrected chi connectivity index (χ3v) is 5.57. The van der Waals surface area contributed by atoms with Gasteiger partial charge >= 0.3 is 0 Å². The van der Waals surface area contributed by atoms with Crippen molar-refractivity contribution in [2.75, 3.05) is 20.0 Å². The Bertz CT molecular complexity index is 1090. The third kappa shape index (κ3) is 4.81. The summed E-state index contributed by atoms with van der Waals surface area (Å²) in [7, 11) is 3.26. The van der Waals surface area contributed by atoms with Crippen molar-refractivity contribution < 1.29 is 18.7 Å². The van der Waals surface area contributed by atoms with Crippen molar-refractivity contribution in [2.45, 2.75) is 5.22 Å². The summed E-state index contributed by atoms with van der Waals surface area (Å²) >= 11 is 1.29. The van der Waals surface area contributed by atoms with E-state index in [-0.39, 0.29) is 11.5 Å². The van der Waals surface area contributed by atoms with E-state index in [1.807, 2.05) is 78.9 Å². The summed E-state index contributed by atoms with van der Waals surface area (Å²) in [4.78, 5) is 17.2. The zero-order valence-corrected chi connectivity index (χ0v) is 18.0. The van der Waals surface area contributed by atoms with Crippen LogP contribution in [0.25, 0.3) is 22.6 Å². The number of benzene rings is 3. The molecule has 0 N–H and O–H groups in total. The summed E-state index contributed by atoms with van der Waals surface area (Å²) in [6, 6.07) is 24.5. The molecule has 0 atom stereocenters. The number of hydrogen-bond acceptors (Lipinski definition) is 6. The van der Waals surface area contributed by atoms with Gasteiger partial charge in [-0.2, -0.15) is 0 Å². The van der Waals surface area contributed by atoms with Crippen molar-refractivity contribution in [1.82, 2.24) is 4.98 Å². The van der Waals surface area contributed by atoms with E-state index < -0.39 is 0 Å². The molecule has 0 radical (unpaired) electrons. The molecule has 156 valence electrons. The van der Waals surface area contributed by atoms with E-state index in [9.17, 15) is 4.79 Å². The first kappa shape index (κ1) is 20.8. The van der Waals surface area contributed by atoms with E-state index in [1.54, 1.807) is 14.2 Å². The standard InChI is InChI=1S/C25H21NO4S/c1-28-20-12-8-18(9-13-20)23-24(19-10-14-21(29-2)15-11-19)30-25(26-23)31-16-22(27)17-6-4-3-5-7-17/h3-15H,16H2,1-2H3. The van der Waals surface area contributed by atoms with Crippen molar-refractivity contribution in [2.24, 2.45) is 0 Å². The topological polar surface area (TPSA) is 61.6 Å². The minimum Gasteiger partial charge on any atom is -0.497 e. The molecule has 1 heterocycles. The molecule has 1 aromatic heterocycles. The van der Waals surface area contributed by atoms with Crippen molar-refractivity contribution >= 4 is 17.5 Å². The van der Waals surface area contributed by atoms with Gasteiger partial charge in [-0.3, -0.25) is 4.79 Å². The first-order valence-corrected chi connectivity index (χ1v) is 10.7. The predicted molar refractivity (Wildman–Crippen MR) is 122 cm³/mol. The number of nitrogens with zero attached hydrogens (tertiary/aromatic N) is 1. The lowest BCUT2D eigenvalue weighted by Gasteiger charge is -2.04. The van der Waals surface area contributed by atoms with Crippen molar-refractivity contribution in [3.63, 3.8) is 0 Å². The number of carbonyl (C=O) groups excluding carboxylic acids is 1. The van der Waals surface area contributed by atoms with E-state index in [2.05, 4.69) is 0 Å². The lowest BCUT2D eigenvalue weighted by molar-refractivity contribution is 0.102. The Morgan fingerprint density at radius 3 is 2.00 bits per heavy atom. The second-order valence-electron chi connectivity index (χ2n) is 6.69. The van der Waals surface area contributed by atoms with Crippen LogP contribution < -0.4 is 9.47 Å². The molecule has 0 saturated carbocycles. The largest absolute Gasteiger partial charge is 0.497 e. The molecule has 0 saturated heterocycles. The molecule has 0 unspecified atom stereocenters. The van der Waals surface area contributed by atoms with Gasteiger partial charge in [0.1, 0.15) is 17.2 Å². The molecule has 4 rings (SSSR count). The molecule has 6 heteroatoms. The van der Waals surface area contributed by atoms with Gasteiger partial charge in [-0.05, 0) is 48.5 Å². The molecule has 3 aromatic carbocycles. The number of rotatable bonds is 8. The maximum absolute atomic E-state index is 12.5. The summed E-state index contributed by atoms with van der Waals surface area (Å²) in [6.45, 7) is 0. The van der Waals surface area contributed by atoms with Crippen molar-refractivity contribution in [3.05, 3.63) is 84.4 Å². The summed E-state index contributed by atoms with van der Waals surface area (Å²) < 4.78 is 16.6.